The number of nitrogens with zero attached hydrogens (tertiary/aromatic N) is 1. The third-order valence-corrected chi connectivity index (χ3v) is 3.72. The minimum atomic E-state index is -0.429. The molecule has 1 rings (SSSR count). The molecule has 1 saturated heterocycles. The van der Waals surface area contributed by atoms with E-state index in [1.165, 1.54) is 0 Å². The minimum Gasteiger partial charge on any atom is -0.444 e. The molecule has 0 bridgehead atoms. The van der Waals surface area contributed by atoms with Crippen molar-refractivity contribution in [2.24, 2.45) is 11.7 Å². The molecule has 3 atom stereocenters. The molecular formula is C15H31N3O2. The smallest absolute Gasteiger partial charge is 0.410 e. The van der Waals surface area contributed by atoms with Crippen LogP contribution < -0.4 is 11.1 Å². The highest BCUT2D eigenvalue weighted by Gasteiger charge is 2.30. The van der Waals surface area contributed by atoms with E-state index in [2.05, 4.69) is 19.2 Å². The predicted molar refractivity (Wildman–Crippen MR) is 81.6 cm³/mol. The fourth-order valence-electron chi connectivity index (χ4n) is 2.56. The molecule has 1 fully saturated rings. The number of nitrogens with two attached hydrogens (primary N) is 1. The number of hydrogen-bond donors (Lipinski definition) is 2. The number of rotatable bonds is 4. The first-order valence-corrected chi connectivity index (χ1v) is 7.67. The van der Waals surface area contributed by atoms with Crippen LogP contribution in [0.3, 0.4) is 0 Å². The quantitative estimate of drug-likeness (QED) is 0.828. The van der Waals surface area contributed by atoms with Gasteiger partial charge in [-0.1, -0.05) is 0 Å². The number of amides is 1. The molecule has 0 spiro atoms. The SMILES string of the molecule is CC(CN)NC(C)C1CCCN(C(=O)OC(C)(C)C)C1. The Kier molecular flexibility index (Phi) is 6.27. The number of carbonyl (C=O) groups excluding carboxylic acids is 1. The monoisotopic (exact) mass is 285 g/mol. The molecule has 0 radical (unpaired) electrons. The predicted octanol–water partition coefficient (Wildman–Crippen LogP) is 1.96. The highest BCUT2D eigenvalue weighted by molar-refractivity contribution is 5.68. The van der Waals surface area contributed by atoms with Gasteiger partial charge in [0.1, 0.15) is 5.60 Å². The fourth-order valence-corrected chi connectivity index (χ4v) is 2.56. The average molecular weight is 285 g/mol. The van der Waals surface area contributed by atoms with Crippen molar-refractivity contribution >= 4 is 6.09 Å². The Labute approximate surface area is 123 Å². The van der Waals surface area contributed by atoms with Crippen LogP contribution in [0.4, 0.5) is 4.79 Å². The lowest BCUT2D eigenvalue weighted by molar-refractivity contribution is 0.0147. The first-order chi connectivity index (χ1) is 9.23. The molecule has 118 valence electrons. The molecule has 1 aliphatic heterocycles. The maximum atomic E-state index is 12.1. The maximum Gasteiger partial charge on any atom is 0.410 e. The summed E-state index contributed by atoms with van der Waals surface area (Å²) in [4.78, 5) is 14.0. The zero-order chi connectivity index (χ0) is 15.3. The van der Waals surface area contributed by atoms with Crippen molar-refractivity contribution in [3.05, 3.63) is 0 Å². The van der Waals surface area contributed by atoms with E-state index in [-0.39, 0.29) is 6.09 Å². The summed E-state index contributed by atoms with van der Waals surface area (Å²) in [7, 11) is 0. The molecule has 5 heteroatoms. The molecule has 20 heavy (non-hydrogen) atoms. The van der Waals surface area contributed by atoms with E-state index in [4.69, 9.17) is 10.5 Å². The molecule has 3 unspecified atom stereocenters. The summed E-state index contributed by atoms with van der Waals surface area (Å²) in [5.41, 5.74) is 5.22. The van der Waals surface area contributed by atoms with Gasteiger partial charge in [0.05, 0.1) is 0 Å². The summed E-state index contributed by atoms with van der Waals surface area (Å²) < 4.78 is 5.45. The van der Waals surface area contributed by atoms with Gasteiger partial charge in [-0.25, -0.2) is 4.79 Å². The van der Waals surface area contributed by atoms with Crippen molar-refractivity contribution in [1.29, 1.82) is 0 Å². The molecule has 0 aromatic rings. The van der Waals surface area contributed by atoms with Crippen LogP contribution in [0, 0.1) is 5.92 Å². The standard InChI is InChI=1S/C15H31N3O2/c1-11(9-16)17-12(2)13-7-6-8-18(10-13)14(19)20-15(3,4)5/h11-13,17H,6-10,16H2,1-5H3. The van der Waals surface area contributed by atoms with Crippen LogP contribution in [0.1, 0.15) is 47.5 Å². The molecule has 1 heterocycles. The summed E-state index contributed by atoms with van der Waals surface area (Å²) in [6.45, 7) is 12.2. The second-order valence-corrected chi connectivity index (χ2v) is 6.92. The van der Waals surface area contributed by atoms with Gasteiger partial charge in [0.2, 0.25) is 0 Å². The van der Waals surface area contributed by atoms with E-state index in [0.717, 1.165) is 25.9 Å². The van der Waals surface area contributed by atoms with Crippen molar-refractivity contribution in [1.82, 2.24) is 10.2 Å². The van der Waals surface area contributed by atoms with E-state index in [1.54, 1.807) is 0 Å². The molecule has 1 aliphatic rings. The Hall–Kier alpha value is -0.810. The zero-order valence-corrected chi connectivity index (χ0v) is 13.6. The number of piperidine rings is 1. The van der Waals surface area contributed by atoms with Crippen LogP contribution in [0.5, 0.6) is 0 Å². The lowest BCUT2D eigenvalue weighted by Crippen LogP contribution is -2.50. The average Bonchev–Trinajstić information content (AvgIpc) is 2.36. The van der Waals surface area contributed by atoms with Gasteiger partial charge in [0, 0.05) is 31.7 Å². The van der Waals surface area contributed by atoms with Gasteiger partial charge < -0.3 is 20.7 Å². The van der Waals surface area contributed by atoms with Crippen LogP contribution in [0.25, 0.3) is 0 Å². The van der Waals surface area contributed by atoms with E-state index < -0.39 is 5.60 Å². The van der Waals surface area contributed by atoms with Gasteiger partial charge in [-0.15, -0.1) is 0 Å². The van der Waals surface area contributed by atoms with Crippen LogP contribution in [0.2, 0.25) is 0 Å². The molecule has 3 N–H and O–H groups in total. The van der Waals surface area contributed by atoms with Gasteiger partial charge in [-0.05, 0) is 53.4 Å². The minimum absolute atomic E-state index is 0.193. The number of hydrogen-bond acceptors (Lipinski definition) is 4. The summed E-state index contributed by atoms with van der Waals surface area (Å²) >= 11 is 0. The highest BCUT2D eigenvalue weighted by Crippen LogP contribution is 2.22. The van der Waals surface area contributed by atoms with Crippen molar-refractivity contribution in [2.75, 3.05) is 19.6 Å². The number of likely N-dealkylation sites (tertiary alicyclic amines) is 1. The van der Waals surface area contributed by atoms with E-state index >= 15 is 0 Å². The maximum absolute atomic E-state index is 12.1. The van der Waals surface area contributed by atoms with Gasteiger partial charge in [-0.3, -0.25) is 0 Å². The van der Waals surface area contributed by atoms with Gasteiger partial charge in [0.25, 0.3) is 0 Å². The molecule has 0 aromatic heterocycles. The summed E-state index contributed by atoms with van der Waals surface area (Å²) in [5, 5.41) is 3.50. The highest BCUT2D eigenvalue weighted by atomic mass is 16.6. The largest absolute Gasteiger partial charge is 0.444 e. The van der Waals surface area contributed by atoms with Crippen LogP contribution in [-0.4, -0.2) is 48.3 Å². The fraction of sp³-hybridized carbons (Fsp3) is 0.933. The van der Waals surface area contributed by atoms with Crippen LogP contribution in [0.15, 0.2) is 0 Å². The zero-order valence-electron chi connectivity index (χ0n) is 13.6. The number of ether oxygens (including phenoxy) is 1. The normalized spacial score (nSPS) is 23.3. The molecular weight excluding hydrogens is 254 g/mol. The molecule has 0 aromatic carbocycles. The topological polar surface area (TPSA) is 67.6 Å². The summed E-state index contributed by atoms with van der Waals surface area (Å²) in [6, 6.07) is 0.667. The Morgan fingerprint density at radius 3 is 2.65 bits per heavy atom. The number of carbonyl (C=O) groups is 1. The Balaban J connectivity index is 2.51. The molecule has 5 nitrogen and oxygen atoms in total. The van der Waals surface area contributed by atoms with Crippen molar-refractivity contribution in [3.8, 4) is 0 Å². The molecule has 1 amide bonds. The van der Waals surface area contributed by atoms with Gasteiger partial charge >= 0.3 is 6.09 Å². The lowest BCUT2D eigenvalue weighted by atomic mass is 9.91. The van der Waals surface area contributed by atoms with Crippen molar-refractivity contribution in [3.63, 3.8) is 0 Å². The summed E-state index contributed by atoms with van der Waals surface area (Å²) in [5.74, 6) is 0.463. The van der Waals surface area contributed by atoms with E-state index in [9.17, 15) is 4.79 Å². The molecule has 0 aliphatic carbocycles. The van der Waals surface area contributed by atoms with E-state index in [1.807, 2.05) is 25.7 Å². The van der Waals surface area contributed by atoms with Crippen molar-refractivity contribution < 1.29 is 9.53 Å². The van der Waals surface area contributed by atoms with Crippen LogP contribution >= 0.6 is 0 Å². The second kappa shape index (κ2) is 7.27. The third kappa shape index (κ3) is 5.67. The first-order valence-electron chi connectivity index (χ1n) is 7.67. The Morgan fingerprint density at radius 2 is 2.10 bits per heavy atom. The lowest BCUT2D eigenvalue weighted by Gasteiger charge is -2.37. The Bertz CT molecular complexity index is 315. The summed E-state index contributed by atoms with van der Waals surface area (Å²) in [6.07, 6.45) is 1.98. The van der Waals surface area contributed by atoms with E-state index in [0.29, 0.717) is 24.5 Å². The first kappa shape index (κ1) is 17.2. The second-order valence-electron chi connectivity index (χ2n) is 6.92. The number of nitrogens with one attached hydrogen (secondary N) is 1. The third-order valence-electron chi connectivity index (χ3n) is 3.72. The van der Waals surface area contributed by atoms with Crippen molar-refractivity contribution in [2.45, 2.75) is 65.1 Å². The van der Waals surface area contributed by atoms with Gasteiger partial charge in [-0.2, -0.15) is 0 Å². The Morgan fingerprint density at radius 1 is 1.45 bits per heavy atom. The van der Waals surface area contributed by atoms with Gasteiger partial charge in [0.15, 0.2) is 0 Å². The molecule has 0 saturated carbocycles. The van der Waals surface area contributed by atoms with Crippen LogP contribution in [-0.2, 0) is 4.74 Å².